The highest BCUT2D eigenvalue weighted by Crippen LogP contribution is 2.30. The van der Waals surface area contributed by atoms with Crippen LogP contribution >= 0.6 is 0 Å². The zero-order valence-corrected chi connectivity index (χ0v) is 19.0. The molecule has 2 aliphatic rings. The Bertz CT molecular complexity index is 914. The molecule has 5 heteroatoms. The van der Waals surface area contributed by atoms with E-state index in [0.717, 1.165) is 56.4 Å². The highest BCUT2D eigenvalue weighted by atomic mass is 16.5. The minimum atomic E-state index is -0.179. The minimum Gasteiger partial charge on any atom is -0.496 e. The van der Waals surface area contributed by atoms with Gasteiger partial charge in [-0.1, -0.05) is 48.9 Å². The summed E-state index contributed by atoms with van der Waals surface area (Å²) in [5.74, 6) is 0.774. The van der Waals surface area contributed by atoms with Crippen LogP contribution in [0, 0.1) is 0 Å². The average Bonchev–Trinajstić information content (AvgIpc) is 2.83. The number of unbranched alkanes of at least 4 members (excludes halogenated alkanes) is 2. The van der Waals surface area contributed by atoms with Crippen LogP contribution in [0.4, 0.5) is 0 Å². The minimum absolute atomic E-state index is 0.0184. The van der Waals surface area contributed by atoms with Crippen LogP contribution in [0.1, 0.15) is 61.1 Å². The number of fused-ring (bicyclic) bond motifs is 1. The van der Waals surface area contributed by atoms with Gasteiger partial charge in [-0.05, 0) is 67.8 Å². The third-order valence-corrected chi connectivity index (χ3v) is 6.87. The van der Waals surface area contributed by atoms with Crippen molar-refractivity contribution in [2.24, 2.45) is 0 Å². The predicted molar refractivity (Wildman–Crippen MR) is 126 cm³/mol. The van der Waals surface area contributed by atoms with Gasteiger partial charge in [-0.15, -0.1) is 0 Å². The van der Waals surface area contributed by atoms with Crippen LogP contribution in [0.3, 0.4) is 0 Å². The summed E-state index contributed by atoms with van der Waals surface area (Å²) in [6.07, 6.45) is 7.25. The Hall–Kier alpha value is -2.66. The molecule has 2 atom stereocenters. The van der Waals surface area contributed by atoms with E-state index in [4.69, 9.17) is 4.74 Å². The zero-order chi connectivity index (χ0) is 22.3. The number of aryl methyl sites for hydroxylation is 1. The van der Waals surface area contributed by atoms with Crippen LogP contribution < -0.4 is 10.1 Å². The summed E-state index contributed by atoms with van der Waals surface area (Å²) >= 11 is 0. The summed E-state index contributed by atoms with van der Waals surface area (Å²) in [7, 11) is 1.74. The zero-order valence-electron chi connectivity index (χ0n) is 19.0. The summed E-state index contributed by atoms with van der Waals surface area (Å²) in [5.41, 5.74) is 3.77. The van der Waals surface area contributed by atoms with Gasteiger partial charge in [0, 0.05) is 19.0 Å². The number of nitrogens with zero attached hydrogens (tertiary/aromatic N) is 1. The Kier molecular flexibility index (Phi) is 7.59. The summed E-state index contributed by atoms with van der Waals surface area (Å²) in [4.78, 5) is 26.7. The number of imide groups is 1. The van der Waals surface area contributed by atoms with E-state index in [-0.39, 0.29) is 17.7 Å². The number of methoxy groups -OCH3 is 1. The van der Waals surface area contributed by atoms with Gasteiger partial charge in [-0.3, -0.25) is 14.5 Å². The molecule has 1 N–H and O–H groups in total. The van der Waals surface area contributed by atoms with Gasteiger partial charge in [0.1, 0.15) is 5.75 Å². The van der Waals surface area contributed by atoms with E-state index in [1.165, 1.54) is 16.0 Å². The lowest BCUT2D eigenvalue weighted by molar-refractivity contribution is -0.149. The van der Waals surface area contributed by atoms with E-state index in [1.807, 2.05) is 36.4 Å². The molecule has 1 aliphatic carbocycles. The van der Waals surface area contributed by atoms with Crippen LogP contribution in [0.2, 0.25) is 0 Å². The summed E-state index contributed by atoms with van der Waals surface area (Å²) in [6.45, 7) is 1.50. The van der Waals surface area contributed by atoms with Crippen molar-refractivity contribution in [3.8, 4) is 5.75 Å². The number of carbonyl (C=O) groups excluding carboxylic acids is 2. The molecular weight excluding hydrogens is 400 g/mol. The molecule has 2 aromatic carbocycles. The van der Waals surface area contributed by atoms with Crippen molar-refractivity contribution in [2.45, 2.75) is 63.3 Å². The fourth-order valence-electron chi connectivity index (χ4n) is 5.07. The Morgan fingerprint density at radius 1 is 0.969 bits per heavy atom. The molecule has 32 heavy (non-hydrogen) atoms. The van der Waals surface area contributed by atoms with Crippen LogP contribution in [0.25, 0.3) is 0 Å². The molecule has 2 unspecified atom stereocenters. The van der Waals surface area contributed by atoms with Crippen molar-refractivity contribution >= 4 is 11.8 Å². The number of hydrogen-bond acceptors (Lipinski definition) is 4. The first kappa shape index (κ1) is 22.5. The largest absolute Gasteiger partial charge is 0.496 e. The SMILES string of the molecule is COc1cccc2c1CC(NCCCCCN1C(=O)CCC(c3ccccc3)C1=O)CC2. The molecule has 170 valence electrons. The van der Waals surface area contributed by atoms with E-state index in [1.54, 1.807) is 7.11 Å². The number of hydrogen-bond donors (Lipinski definition) is 1. The maximum absolute atomic E-state index is 12.9. The van der Waals surface area contributed by atoms with Gasteiger partial charge in [-0.25, -0.2) is 0 Å². The second-order valence-corrected chi connectivity index (χ2v) is 8.94. The molecule has 1 saturated heterocycles. The Morgan fingerprint density at radius 3 is 2.62 bits per heavy atom. The lowest BCUT2D eigenvalue weighted by Crippen LogP contribution is -2.44. The third-order valence-electron chi connectivity index (χ3n) is 6.87. The smallest absolute Gasteiger partial charge is 0.236 e. The van der Waals surface area contributed by atoms with Crippen molar-refractivity contribution in [3.05, 3.63) is 65.2 Å². The fraction of sp³-hybridized carbons (Fsp3) is 0.481. The molecule has 1 aliphatic heterocycles. The van der Waals surface area contributed by atoms with Crippen LogP contribution in [-0.2, 0) is 22.4 Å². The van der Waals surface area contributed by atoms with Crippen LogP contribution in [-0.4, -0.2) is 43.0 Å². The number of rotatable bonds is 9. The lowest BCUT2D eigenvalue weighted by atomic mass is 9.87. The number of benzene rings is 2. The van der Waals surface area contributed by atoms with E-state index in [2.05, 4.69) is 17.4 Å². The Morgan fingerprint density at radius 2 is 1.81 bits per heavy atom. The molecule has 2 amide bonds. The molecule has 0 aromatic heterocycles. The monoisotopic (exact) mass is 434 g/mol. The molecule has 0 radical (unpaired) electrons. The summed E-state index contributed by atoms with van der Waals surface area (Å²) < 4.78 is 5.54. The standard InChI is InChI=1S/C27H34N2O3/c1-32-25-12-8-11-21-13-14-22(19-24(21)25)28-17-6-3-7-18-29-26(30)16-15-23(27(29)31)20-9-4-2-5-10-20/h2,4-5,8-12,22-23,28H,3,6-7,13-19H2,1H3. The normalized spacial score (nSPS) is 20.8. The van der Waals surface area contributed by atoms with Gasteiger partial charge >= 0.3 is 0 Å². The summed E-state index contributed by atoms with van der Waals surface area (Å²) in [6, 6.07) is 16.7. The highest BCUT2D eigenvalue weighted by Gasteiger charge is 2.34. The Balaban J connectivity index is 1.19. The molecule has 0 spiro atoms. The topological polar surface area (TPSA) is 58.6 Å². The highest BCUT2D eigenvalue weighted by molar-refractivity contribution is 6.01. The van der Waals surface area contributed by atoms with E-state index < -0.39 is 0 Å². The first-order valence-corrected chi connectivity index (χ1v) is 11.9. The molecule has 4 rings (SSSR count). The molecule has 2 aromatic rings. The van der Waals surface area contributed by atoms with Crippen molar-refractivity contribution < 1.29 is 14.3 Å². The van der Waals surface area contributed by atoms with Gasteiger partial charge in [-0.2, -0.15) is 0 Å². The molecule has 1 fully saturated rings. The van der Waals surface area contributed by atoms with Gasteiger partial charge in [0.15, 0.2) is 0 Å². The predicted octanol–water partition coefficient (Wildman–Crippen LogP) is 4.25. The summed E-state index contributed by atoms with van der Waals surface area (Å²) in [5, 5.41) is 3.70. The average molecular weight is 435 g/mol. The van der Waals surface area contributed by atoms with Crippen molar-refractivity contribution in [1.29, 1.82) is 0 Å². The lowest BCUT2D eigenvalue weighted by Gasteiger charge is -2.31. The maximum Gasteiger partial charge on any atom is 0.236 e. The first-order chi connectivity index (χ1) is 15.7. The van der Waals surface area contributed by atoms with Gasteiger partial charge < -0.3 is 10.1 Å². The van der Waals surface area contributed by atoms with Crippen molar-refractivity contribution in [3.63, 3.8) is 0 Å². The number of piperidine rings is 1. The second-order valence-electron chi connectivity index (χ2n) is 8.94. The maximum atomic E-state index is 12.9. The number of amides is 2. The van der Waals surface area contributed by atoms with Crippen LogP contribution in [0.5, 0.6) is 5.75 Å². The number of ether oxygens (including phenoxy) is 1. The first-order valence-electron chi connectivity index (χ1n) is 11.9. The Labute approximate surface area is 191 Å². The molecular formula is C27H34N2O3. The fourth-order valence-corrected chi connectivity index (χ4v) is 5.07. The number of likely N-dealkylation sites (tertiary alicyclic amines) is 1. The molecule has 0 saturated carbocycles. The van der Waals surface area contributed by atoms with Gasteiger partial charge in [0.25, 0.3) is 0 Å². The second kappa shape index (κ2) is 10.8. The van der Waals surface area contributed by atoms with E-state index in [0.29, 0.717) is 25.4 Å². The van der Waals surface area contributed by atoms with Gasteiger partial charge in [0.05, 0.1) is 13.0 Å². The van der Waals surface area contributed by atoms with E-state index in [9.17, 15) is 9.59 Å². The molecule has 1 heterocycles. The number of nitrogens with one attached hydrogen (secondary N) is 1. The van der Waals surface area contributed by atoms with E-state index >= 15 is 0 Å². The van der Waals surface area contributed by atoms with Gasteiger partial charge in [0.2, 0.25) is 11.8 Å². The molecule has 5 nitrogen and oxygen atoms in total. The third kappa shape index (κ3) is 5.21. The number of carbonyl (C=O) groups is 2. The quantitative estimate of drug-likeness (QED) is 0.474. The molecule has 0 bridgehead atoms. The van der Waals surface area contributed by atoms with Crippen LogP contribution in [0.15, 0.2) is 48.5 Å². The van der Waals surface area contributed by atoms with Crippen molar-refractivity contribution in [1.82, 2.24) is 10.2 Å². The van der Waals surface area contributed by atoms with Crippen molar-refractivity contribution in [2.75, 3.05) is 20.2 Å².